The van der Waals surface area contributed by atoms with Gasteiger partial charge in [-0.15, -0.1) is 0 Å². The molecule has 1 aromatic heterocycles. The summed E-state index contributed by atoms with van der Waals surface area (Å²) in [6, 6.07) is 4.14. The van der Waals surface area contributed by atoms with Crippen molar-refractivity contribution < 1.29 is 13.9 Å². The van der Waals surface area contributed by atoms with Crippen LogP contribution in [0.2, 0.25) is 0 Å². The second-order valence-corrected chi connectivity index (χ2v) is 3.71. The Hall–Kier alpha value is -2.04. The number of benzene rings is 1. The molecule has 0 fully saturated rings. The number of esters is 1. The zero-order valence-electron chi connectivity index (χ0n) is 9.66. The molecule has 0 aliphatic rings. The Morgan fingerprint density at radius 3 is 2.88 bits per heavy atom. The number of carbonyl (C=O) groups excluding carboxylic acids is 1. The van der Waals surface area contributed by atoms with Crippen molar-refractivity contribution in [1.29, 1.82) is 0 Å². The molecule has 0 amide bonds. The second-order valence-electron chi connectivity index (χ2n) is 3.71. The molecular weight excluding hydrogens is 223 g/mol. The molecule has 0 spiro atoms. The third-order valence-electron chi connectivity index (χ3n) is 2.69. The average Bonchev–Trinajstić information content (AvgIpc) is 2.51. The Morgan fingerprint density at radius 2 is 2.24 bits per heavy atom. The van der Waals surface area contributed by atoms with Gasteiger partial charge in [0.15, 0.2) is 0 Å². The van der Waals surface area contributed by atoms with Gasteiger partial charge in [-0.05, 0) is 32.0 Å². The van der Waals surface area contributed by atoms with Crippen molar-refractivity contribution in [3.63, 3.8) is 0 Å². The SMILES string of the molecule is CCOC(=O)c1c(C)n(N)c2ccc(F)cc12. The Balaban J connectivity index is 2.72. The summed E-state index contributed by atoms with van der Waals surface area (Å²) in [5, 5.41) is 0.475. The number of aromatic nitrogens is 1. The number of carbonyl (C=O) groups is 1. The van der Waals surface area contributed by atoms with Crippen LogP contribution in [-0.2, 0) is 4.74 Å². The maximum absolute atomic E-state index is 13.2. The summed E-state index contributed by atoms with van der Waals surface area (Å²) in [4.78, 5) is 11.8. The molecule has 0 saturated heterocycles. The van der Waals surface area contributed by atoms with Crippen LogP contribution in [0.25, 0.3) is 10.9 Å². The fourth-order valence-corrected chi connectivity index (χ4v) is 1.88. The van der Waals surface area contributed by atoms with Crippen LogP contribution in [0.4, 0.5) is 4.39 Å². The molecule has 0 bridgehead atoms. The second kappa shape index (κ2) is 4.08. The van der Waals surface area contributed by atoms with Crippen LogP contribution >= 0.6 is 0 Å². The van der Waals surface area contributed by atoms with Crippen molar-refractivity contribution in [3.05, 3.63) is 35.3 Å². The normalized spacial score (nSPS) is 10.8. The van der Waals surface area contributed by atoms with Crippen molar-refractivity contribution in [2.45, 2.75) is 13.8 Å². The predicted octanol–water partition coefficient (Wildman–Crippen LogP) is 1.98. The van der Waals surface area contributed by atoms with Crippen LogP contribution in [0.15, 0.2) is 18.2 Å². The molecule has 1 aromatic carbocycles. The van der Waals surface area contributed by atoms with E-state index in [4.69, 9.17) is 10.6 Å². The van der Waals surface area contributed by atoms with Gasteiger partial charge < -0.3 is 10.6 Å². The smallest absolute Gasteiger partial charge is 0.340 e. The summed E-state index contributed by atoms with van der Waals surface area (Å²) >= 11 is 0. The standard InChI is InChI=1S/C12H13FN2O2/c1-3-17-12(16)11-7(2)15(14)10-5-4-8(13)6-9(10)11/h4-6H,3,14H2,1-2H3. The summed E-state index contributed by atoms with van der Waals surface area (Å²) in [5.74, 6) is 4.92. The van der Waals surface area contributed by atoms with Crippen LogP contribution in [0.5, 0.6) is 0 Å². The number of fused-ring (bicyclic) bond motifs is 1. The maximum atomic E-state index is 13.2. The minimum Gasteiger partial charge on any atom is -0.462 e. The molecule has 2 aromatic rings. The van der Waals surface area contributed by atoms with Crippen LogP contribution in [0.3, 0.4) is 0 Å². The van der Waals surface area contributed by atoms with Gasteiger partial charge in [-0.2, -0.15) is 0 Å². The van der Waals surface area contributed by atoms with Gasteiger partial charge >= 0.3 is 5.97 Å². The zero-order valence-corrected chi connectivity index (χ0v) is 9.66. The third-order valence-corrected chi connectivity index (χ3v) is 2.69. The van der Waals surface area contributed by atoms with E-state index < -0.39 is 11.8 Å². The number of hydrogen-bond acceptors (Lipinski definition) is 3. The summed E-state index contributed by atoms with van der Waals surface area (Å²) in [6.45, 7) is 3.68. The Labute approximate surface area is 97.7 Å². The highest BCUT2D eigenvalue weighted by Crippen LogP contribution is 2.25. The lowest BCUT2D eigenvalue weighted by Gasteiger charge is -2.01. The lowest BCUT2D eigenvalue weighted by molar-refractivity contribution is 0.0527. The molecule has 1 heterocycles. The first-order valence-electron chi connectivity index (χ1n) is 5.29. The van der Waals surface area contributed by atoms with Gasteiger partial charge in [0.25, 0.3) is 0 Å². The van der Waals surface area contributed by atoms with Crippen LogP contribution in [0.1, 0.15) is 23.0 Å². The van der Waals surface area contributed by atoms with Crippen LogP contribution < -0.4 is 5.84 Å². The van der Waals surface area contributed by atoms with Gasteiger partial charge in [-0.1, -0.05) is 0 Å². The molecule has 2 N–H and O–H groups in total. The lowest BCUT2D eigenvalue weighted by Crippen LogP contribution is -2.12. The van der Waals surface area contributed by atoms with Crippen molar-refractivity contribution >= 4 is 16.9 Å². The van der Waals surface area contributed by atoms with Gasteiger partial charge in [-0.3, -0.25) is 4.68 Å². The van der Waals surface area contributed by atoms with E-state index in [0.29, 0.717) is 22.2 Å². The summed E-state index contributed by atoms with van der Waals surface area (Å²) < 4.78 is 19.5. The minimum absolute atomic E-state index is 0.269. The van der Waals surface area contributed by atoms with E-state index in [9.17, 15) is 9.18 Å². The van der Waals surface area contributed by atoms with Crippen molar-refractivity contribution in [3.8, 4) is 0 Å². The number of nitrogen functional groups attached to an aromatic ring is 1. The van der Waals surface area contributed by atoms with E-state index in [1.165, 1.54) is 16.8 Å². The largest absolute Gasteiger partial charge is 0.462 e. The predicted molar refractivity (Wildman–Crippen MR) is 62.7 cm³/mol. The average molecular weight is 236 g/mol. The molecule has 5 heteroatoms. The van der Waals surface area contributed by atoms with Gasteiger partial charge in [-0.25, -0.2) is 9.18 Å². The van der Waals surface area contributed by atoms with Crippen molar-refractivity contribution in [2.75, 3.05) is 12.4 Å². The summed E-state index contributed by atoms with van der Waals surface area (Å²) in [7, 11) is 0. The monoisotopic (exact) mass is 236 g/mol. The highest BCUT2D eigenvalue weighted by molar-refractivity contribution is 6.05. The van der Waals surface area contributed by atoms with Crippen molar-refractivity contribution in [2.24, 2.45) is 0 Å². The topological polar surface area (TPSA) is 57.2 Å². The molecule has 0 radical (unpaired) electrons. The molecule has 17 heavy (non-hydrogen) atoms. The molecule has 0 aliphatic carbocycles. The molecule has 0 aliphatic heterocycles. The third kappa shape index (κ3) is 1.73. The van der Waals surface area contributed by atoms with Crippen molar-refractivity contribution in [1.82, 2.24) is 4.68 Å². The van der Waals surface area contributed by atoms with Gasteiger partial charge in [0, 0.05) is 5.39 Å². The first-order valence-corrected chi connectivity index (χ1v) is 5.29. The minimum atomic E-state index is -0.482. The number of hydrogen-bond donors (Lipinski definition) is 1. The Kier molecular flexibility index (Phi) is 2.75. The molecular formula is C12H13FN2O2. The zero-order chi connectivity index (χ0) is 12.6. The molecule has 2 rings (SSSR count). The number of halogens is 1. The number of rotatable bonds is 2. The fraction of sp³-hybridized carbons (Fsp3) is 0.250. The molecule has 0 atom stereocenters. The number of ether oxygens (including phenoxy) is 1. The molecule has 90 valence electrons. The molecule has 4 nitrogen and oxygen atoms in total. The van der Waals surface area contributed by atoms with E-state index in [-0.39, 0.29) is 6.61 Å². The number of nitrogens with zero attached hydrogens (tertiary/aromatic N) is 1. The summed E-state index contributed by atoms with van der Waals surface area (Å²) in [6.07, 6.45) is 0. The number of nitrogens with two attached hydrogens (primary N) is 1. The summed E-state index contributed by atoms with van der Waals surface area (Å²) in [5.41, 5.74) is 1.49. The molecule has 0 unspecified atom stereocenters. The highest BCUT2D eigenvalue weighted by atomic mass is 19.1. The lowest BCUT2D eigenvalue weighted by atomic mass is 10.1. The van der Waals surface area contributed by atoms with E-state index in [0.717, 1.165) is 0 Å². The van der Waals surface area contributed by atoms with Crippen LogP contribution in [-0.4, -0.2) is 17.3 Å². The van der Waals surface area contributed by atoms with Gasteiger partial charge in [0.05, 0.1) is 23.4 Å². The van der Waals surface area contributed by atoms with E-state index in [1.54, 1.807) is 19.9 Å². The first kappa shape index (κ1) is 11.4. The molecule has 0 saturated carbocycles. The maximum Gasteiger partial charge on any atom is 0.340 e. The quantitative estimate of drug-likeness (QED) is 0.640. The van der Waals surface area contributed by atoms with E-state index in [1.807, 2.05) is 0 Å². The highest BCUT2D eigenvalue weighted by Gasteiger charge is 2.20. The van der Waals surface area contributed by atoms with E-state index in [2.05, 4.69) is 0 Å². The fourth-order valence-electron chi connectivity index (χ4n) is 1.88. The first-order chi connectivity index (χ1) is 8.06. The Morgan fingerprint density at radius 1 is 1.53 bits per heavy atom. The van der Waals surface area contributed by atoms with E-state index >= 15 is 0 Å². The van der Waals surface area contributed by atoms with Gasteiger partial charge in [0.2, 0.25) is 0 Å². The Bertz CT molecular complexity index is 590. The van der Waals surface area contributed by atoms with Crippen LogP contribution in [0, 0.1) is 12.7 Å². The van der Waals surface area contributed by atoms with Gasteiger partial charge in [0.1, 0.15) is 5.82 Å².